The van der Waals surface area contributed by atoms with Crippen LogP contribution >= 0.6 is 0 Å². The van der Waals surface area contributed by atoms with E-state index >= 15 is 0 Å². The zero-order chi connectivity index (χ0) is 14.8. The molecule has 0 aromatic heterocycles. The number of hydrogen-bond acceptors (Lipinski definition) is 4. The molecule has 110 valence electrons. The van der Waals surface area contributed by atoms with Gasteiger partial charge in [0.2, 0.25) is 5.91 Å². The highest BCUT2D eigenvalue weighted by atomic mass is 16.5. The highest BCUT2D eigenvalue weighted by Crippen LogP contribution is 2.32. The summed E-state index contributed by atoms with van der Waals surface area (Å²) in [7, 11) is 0. The van der Waals surface area contributed by atoms with E-state index in [0.29, 0.717) is 30.4 Å². The molecular weight excluding hydrogens is 256 g/mol. The van der Waals surface area contributed by atoms with Gasteiger partial charge in [-0.2, -0.15) is 0 Å². The molecule has 0 saturated heterocycles. The average molecular weight is 278 g/mol. The first-order valence-electron chi connectivity index (χ1n) is 6.84. The molecule has 1 amide bonds. The lowest BCUT2D eigenvalue weighted by atomic mass is 9.87. The molecule has 2 rings (SSSR count). The molecule has 1 atom stereocenters. The van der Waals surface area contributed by atoms with E-state index in [2.05, 4.69) is 5.32 Å². The van der Waals surface area contributed by atoms with Gasteiger partial charge in [0.05, 0.1) is 19.3 Å². The first-order valence-corrected chi connectivity index (χ1v) is 6.84. The third kappa shape index (κ3) is 3.42. The summed E-state index contributed by atoms with van der Waals surface area (Å²) in [4.78, 5) is 12.1. The summed E-state index contributed by atoms with van der Waals surface area (Å²) >= 11 is 0. The number of carbonyl (C=O) groups is 1. The second-order valence-electron chi connectivity index (χ2n) is 6.04. The van der Waals surface area contributed by atoms with Crippen molar-refractivity contribution in [3.05, 3.63) is 18.2 Å². The van der Waals surface area contributed by atoms with E-state index in [1.165, 1.54) is 0 Å². The number of rotatable bonds is 2. The lowest BCUT2D eigenvalue weighted by molar-refractivity contribution is -0.119. The fraction of sp³-hybridized carbons (Fsp3) is 0.533. The molecule has 1 aromatic rings. The van der Waals surface area contributed by atoms with Crippen molar-refractivity contribution < 1.29 is 14.3 Å². The maximum atomic E-state index is 12.1. The van der Waals surface area contributed by atoms with Crippen LogP contribution in [0.4, 0.5) is 5.69 Å². The van der Waals surface area contributed by atoms with Crippen molar-refractivity contribution in [2.45, 2.75) is 33.2 Å². The Kier molecular flexibility index (Phi) is 4.18. The van der Waals surface area contributed by atoms with Gasteiger partial charge in [0, 0.05) is 18.2 Å². The number of benzene rings is 1. The fourth-order valence-electron chi connectivity index (χ4n) is 1.85. The number of amides is 1. The van der Waals surface area contributed by atoms with Crippen LogP contribution in [0.1, 0.15) is 27.2 Å². The standard InChI is InChI=1S/C15H22N2O3/c1-15(2,3)13(16)14(18)17-10-5-6-11-12(9-10)20-8-4-7-19-11/h5-6,9,13H,4,7-8,16H2,1-3H3,(H,17,18). The summed E-state index contributed by atoms with van der Waals surface area (Å²) < 4.78 is 11.1. The lowest BCUT2D eigenvalue weighted by Gasteiger charge is -2.25. The topological polar surface area (TPSA) is 73.6 Å². The summed E-state index contributed by atoms with van der Waals surface area (Å²) in [5, 5.41) is 2.82. The summed E-state index contributed by atoms with van der Waals surface area (Å²) in [5.74, 6) is 1.16. The molecule has 3 N–H and O–H groups in total. The highest BCUT2D eigenvalue weighted by Gasteiger charge is 2.27. The van der Waals surface area contributed by atoms with Crippen molar-refractivity contribution in [1.82, 2.24) is 0 Å². The fourth-order valence-corrected chi connectivity index (χ4v) is 1.85. The molecular formula is C15H22N2O3. The van der Waals surface area contributed by atoms with Crippen molar-refractivity contribution in [3.8, 4) is 11.5 Å². The number of hydrogen-bond donors (Lipinski definition) is 2. The van der Waals surface area contributed by atoms with Crippen LogP contribution in [-0.4, -0.2) is 25.2 Å². The minimum absolute atomic E-state index is 0.202. The van der Waals surface area contributed by atoms with Gasteiger partial charge in [-0.3, -0.25) is 4.79 Å². The van der Waals surface area contributed by atoms with Crippen molar-refractivity contribution >= 4 is 11.6 Å². The first kappa shape index (κ1) is 14.7. The Hall–Kier alpha value is -1.75. The van der Waals surface area contributed by atoms with Crippen LogP contribution in [-0.2, 0) is 4.79 Å². The van der Waals surface area contributed by atoms with Crippen LogP contribution < -0.4 is 20.5 Å². The smallest absolute Gasteiger partial charge is 0.241 e. The zero-order valence-corrected chi connectivity index (χ0v) is 12.2. The van der Waals surface area contributed by atoms with Crippen LogP contribution in [0.5, 0.6) is 11.5 Å². The van der Waals surface area contributed by atoms with Gasteiger partial charge < -0.3 is 20.5 Å². The van der Waals surface area contributed by atoms with Crippen molar-refractivity contribution in [2.75, 3.05) is 18.5 Å². The molecule has 1 aromatic carbocycles. The van der Waals surface area contributed by atoms with Gasteiger partial charge in [-0.25, -0.2) is 0 Å². The largest absolute Gasteiger partial charge is 0.490 e. The predicted octanol–water partition coefficient (Wildman–Crippen LogP) is 2.16. The Morgan fingerprint density at radius 1 is 1.25 bits per heavy atom. The Balaban J connectivity index is 2.11. The van der Waals surface area contributed by atoms with Gasteiger partial charge in [0.15, 0.2) is 11.5 Å². The molecule has 0 saturated carbocycles. The number of anilines is 1. The summed E-state index contributed by atoms with van der Waals surface area (Å²) in [5.41, 5.74) is 6.32. The number of carbonyl (C=O) groups excluding carboxylic acids is 1. The molecule has 0 aliphatic carbocycles. The normalized spacial score (nSPS) is 16.2. The molecule has 0 bridgehead atoms. The van der Waals surface area contributed by atoms with E-state index < -0.39 is 6.04 Å². The number of nitrogens with one attached hydrogen (secondary N) is 1. The first-order chi connectivity index (χ1) is 9.38. The van der Waals surface area contributed by atoms with Gasteiger partial charge in [-0.15, -0.1) is 0 Å². The van der Waals surface area contributed by atoms with E-state index in [1.54, 1.807) is 18.2 Å². The SMILES string of the molecule is CC(C)(C)C(N)C(=O)Nc1ccc2c(c1)OCCCO2. The minimum atomic E-state index is -0.571. The van der Waals surface area contributed by atoms with Gasteiger partial charge in [0.1, 0.15) is 0 Å². The van der Waals surface area contributed by atoms with E-state index in [0.717, 1.165) is 6.42 Å². The van der Waals surface area contributed by atoms with E-state index in [4.69, 9.17) is 15.2 Å². The second-order valence-corrected chi connectivity index (χ2v) is 6.04. The molecule has 1 aliphatic rings. The maximum absolute atomic E-state index is 12.1. The maximum Gasteiger partial charge on any atom is 0.241 e. The van der Waals surface area contributed by atoms with Crippen LogP contribution in [0.2, 0.25) is 0 Å². The van der Waals surface area contributed by atoms with Crippen LogP contribution in [0, 0.1) is 5.41 Å². The Bertz CT molecular complexity index is 494. The molecule has 0 radical (unpaired) electrons. The third-order valence-corrected chi connectivity index (χ3v) is 3.23. The van der Waals surface area contributed by atoms with Crippen molar-refractivity contribution in [1.29, 1.82) is 0 Å². The van der Waals surface area contributed by atoms with Gasteiger partial charge in [-0.05, 0) is 17.5 Å². The molecule has 5 heteroatoms. The molecule has 0 fully saturated rings. The van der Waals surface area contributed by atoms with Gasteiger partial charge >= 0.3 is 0 Å². The number of nitrogens with two attached hydrogens (primary N) is 1. The van der Waals surface area contributed by atoms with E-state index in [1.807, 2.05) is 20.8 Å². The second kappa shape index (κ2) is 5.71. The van der Waals surface area contributed by atoms with E-state index in [-0.39, 0.29) is 11.3 Å². The van der Waals surface area contributed by atoms with Crippen molar-refractivity contribution in [2.24, 2.45) is 11.1 Å². The third-order valence-electron chi connectivity index (χ3n) is 3.23. The highest BCUT2D eigenvalue weighted by molar-refractivity contribution is 5.95. The predicted molar refractivity (Wildman–Crippen MR) is 78.1 cm³/mol. The summed E-state index contributed by atoms with van der Waals surface area (Å²) in [6, 6.07) is 4.80. The Morgan fingerprint density at radius 3 is 2.55 bits per heavy atom. The minimum Gasteiger partial charge on any atom is -0.490 e. The van der Waals surface area contributed by atoms with Gasteiger partial charge in [-0.1, -0.05) is 20.8 Å². The summed E-state index contributed by atoms with van der Waals surface area (Å²) in [6.45, 7) is 7.07. The van der Waals surface area contributed by atoms with Crippen LogP contribution in [0.25, 0.3) is 0 Å². The number of fused-ring (bicyclic) bond motifs is 1. The molecule has 1 unspecified atom stereocenters. The van der Waals surface area contributed by atoms with Crippen LogP contribution in [0.3, 0.4) is 0 Å². The molecule has 1 heterocycles. The lowest BCUT2D eigenvalue weighted by Crippen LogP contribution is -2.45. The summed E-state index contributed by atoms with van der Waals surface area (Å²) in [6.07, 6.45) is 0.852. The quantitative estimate of drug-likeness (QED) is 0.869. The van der Waals surface area contributed by atoms with Crippen LogP contribution in [0.15, 0.2) is 18.2 Å². The van der Waals surface area contributed by atoms with Crippen molar-refractivity contribution in [3.63, 3.8) is 0 Å². The van der Waals surface area contributed by atoms with E-state index in [9.17, 15) is 4.79 Å². The monoisotopic (exact) mass is 278 g/mol. The number of ether oxygens (including phenoxy) is 2. The average Bonchev–Trinajstić information content (AvgIpc) is 2.61. The Morgan fingerprint density at radius 2 is 1.90 bits per heavy atom. The van der Waals surface area contributed by atoms with Gasteiger partial charge in [0.25, 0.3) is 0 Å². The molecule has 5 nitrogen and oxygen atoms in total. The molecule has 1 aliphatic heterocycles. The zero-order valence-electron chi connectivity index (χ0n) is 12.2. The Labute approximate surface area is 119 Å². The molecule has 20 heavy (non-hydrogen) atoms. The molecule has 0 spiro atoms.